The Bertz CT molecular complexity index is 338. The highest BCUT2D eigenvalue weighted by Gasteiger charge is 2.08. The predicted octanol–water partition coefficient (Wildman–Crippen LogP) is 3.11. The Balaban J connectivity index is 2.73. The van der Waals surface area contributed by atoms with Gasteiger partial charge in [-0.3, -0.25) is 4.79 Å². The highest BCUT2D eigenvalue weighted by atomic mass is 79.9. The fourth-order valence-electron chi connectivity index (χ4n) is 1.20. The molecule has 1 atom stereocenters. The molecule has 1 amide bonds. The van der Waals surface area contributed by atoms with Crippen LogP contribution in [-0.4, -0.2) is 11.9 Å². The molecule has 0 aromatic heterocycles. The molecule has 2 nitrogen and oxygen atoms in total. The van der Waals surface area contributed by atoms with Gasteiger partial charge < -0.3 is 5.32 Å². The van der Waals surface area contributed by atoms with Gasteiger partial charge in [0, 0.05) is 16.9 Å². The van der Waals surface area contributed by atoms with Gasteiger partial charge in [-0.2, -0.15) is 0 Å². The number of hydrogen-bond donors (Lipinski definition) is 1. The average molecular weight is 270 g/mol. The van der Waals surface area contributed by atoms with Gasteiger partial charge in [0.25, 0.3) is 5.91 Å². The Morgan fingerprint density at radius 3 is 2.87 bits per heavy atom. The molecule has 0 aliphatic heterocycles. The highest BCUT2D eigenvalue weighted by Crippen LogP contribution is 2.09. The van der Waals surface area contributed by atoms with E-state index >= 15 is 0 Å². The van der Waals surface area contributed by atoms with Crippen LogP contribution < -0.4 is 5.32 Å². The zero-order valence-electron chi connectivity index (χ0n) is 9.09. The fourth-order valence-corrected chi connectivity index (χ4v) is 1.55. The number of nitrogens with one attached hydrogen (secondary N) is 1. The number of rotatable bonds is 4. The minimum Gasteiger partial charge on any atom is -0.350 e. The van der Waals surface area contributed by atoms with E-state index in [1.54, 1.807) is 0 Å². The first-order valence-electron chi connectivity index (χ1n) is 5.13. The van der Waals surface area contributed by atoms with Crippen LogP contribution in [0.3, 0.4) is 0 Å². The lowest BCUT2D eigenvalue weighted by molar-refractivity contribution is 0.0939. The number of carbonyl (C=O) groups excluding carboxylic acids is 1. The van der Waals surface area contributed by atoms with E-state index in [1.165, 1.54) is 0 Å². The lowest BCUT2D eigenvalue weighted by Crippen LogP contribution is -2.31. The minimum absolute atomic E-state index is 0.00662. The van der Waals surface area contributed by atoms with Gasteiger partial charge >= 0.3 is 0 Å². The summed E-state index contributed by atoms with van der Waals surface area (Å²) in [5, 5.41) is 3.72. The maximum absolute atomic E-state index is 11.8. The largest absolute Gasteiger partial charge is 0.350 e. The third kappa shape index (κ3) is 3.67. The van der Waals surface area contributed by atoms with Crippen molar-refractivity contribution in [1.82, 2.24) is 5.32 Å². The molecule has 15 heavy (non-hydrogen) atoms. The van der Waals surface area contributed by atoms with Crippen molar-refractivity contribution >= 4 is 21.8 Å². The molecule has 0 aliphatic rings. The Hall–Kier alpha value is -0.830. The van der Waals surface area contributed by atoms with Crippen LogP contribution in [-0.2, 0) is 5.33 Å². The third-order valence-electron chi connectivity index (χ3n) is 2.33. The fraction of sp³-hybridized carbons (Fsp3) is 0.417. The van der Waals surface area contributed by atoms with Crippen molar-refractivity contribution in [1.29, 1.82) is 0 Å². The number of alkyl halides is 1. The van der Waals surface area contributed by atoms with Gasteiger partial charge in [0.15, 0.2) is 0 Å². The molecule has 0 bridgehead atoms. The first-order valence-corrected chi connectivity index (χ1v) is 6.25. The van der Waals surface area contributed by atoms with Crippen LogP contribution in [0.2, 0.25) is 0 Å². The van der Waals surface area contributed by atoms with E-state index < -0.39 is 0 Å². The maximum Gasteiger partial charge on any atom is 0.251 e. The smallest absolute Gasteiger partial charge is 0.251 e. The standard InChI is InChI=1S/C12H16BrNO/c1-3-9(2)14-12(15)11-6-4-5-10(7-11)8-13/h4-7,9H,3,8H2,1-2H3,(H,14,15). The van der Waals surface area contributed by atoms with Crippen molar-refractivity contribution in [2.24, 2.45) is 0 Å². The molecule has 1 rings (SSSR count). The second-order valence-electron chi connectivity index (χ2n) is 3.62. The van der Waals surface area contributed by atoms with Crippen molar-refractivity contribution in [3.8, 4) is 0 Å². The second kappa shape index (κ2) is 5.91. The number of halogens is 1. The second-order valence-corrected chi connectivity index (χ2v) is 4.18. The topological polar surface area (TPSA) is 29.1 Å². The maximum atomic E-state index is 11.8. The SMILES string of the molecule is CCC(C)NC(=O)c1cccc(CBr)c1. The van der Waals surface area contributed by atoms with E-state index in [1.807, 2.05) is 31.2 Å². The summed E-state index contributed by atoms with van der Waals surface area (Å²) in [5.41, 5.74) is 1.85. The molecule has 0 spiro atoms. The Morgan fingerprint density at radius 2 is 2.27 bits per heavy atom. The first kappa shape index (κ1) is 12.2. The van der Waals surface area contributed by atoms with E-state index in [9.17, 15) is 4.79 Å². The minimum atomic E-state index is 0.00662. The van der Waals surface area contributed by atoms with Gasteiger partial charge in [-0.05, 0) is 31.0 Å². The molecule has 3 heteroatoms. The van der Waals surface area contributed by atoms with Crippen LogP contribution >= 0.6 is 15.9 Å². The quantitative estimate of drug-likeness (QED) is 0.837. The molecular formula is C12H16BrNO. The van der Waals surface area contributed by atoms with Gasteiger partial charge in [0.2, 0.25) is 0 Å². The van der Waals surface area contributed by atoms with Crippen LogP contribution in [0.15, 0.2) is 24.3 Å². The van der Waals surface area contributed by atoms with Crippen molar-refractivity contribution < 1.29 is 4.79 Å². The molecule has 0 aliphatic carbocycles. The van der Waals surface area contributed by atoms with Gasteiger partial charge in [-0.25, -0.2) is 0 Å². The van der Waals surface area contributed by atoms with Gasteiger partial charge in [-0.15, -0.1) is 0 Å². The van der Waals surface area contributed by atoms with Crippen molar-refractivity contribution in [2.75, 3.05) is 0 Å². The number of hydrogen-bond acceptors (Lipinski definition) is 1. The zero-order chi connectivity index (χ0) is 11.3. The van der Waals surface area contributed by atoms with Crippen molar-refractivity contribution in [2.45, 2.75) is 31.6 Å². The molecule has 1 aromatic carbocycles. The van der Waals surface area contributed by atoms with Crippen LogP contribution in [0.5, 0.6) is 0 Å². The normalized spacial score (nSPS) is 12.2. The summed E-state index contributed by atoms with van der Waals surface area (Å²) >= 11 is 3.37. The van der Waals surface area contributed by atoms with Crippen LogP contribution in [0.25, 0.3) is 0 Å². The summed E-state index contributed by atoms with van der Waals surface area (Å²) in [5.74, 6) is 0.00662. The van der Waals surface area contributed by atoms with E-state index in [2.05, 4.69) is 28.2 Å². The molecule has 1 N–H and O–H groups in total. The summed E-state index contributed by atoms with van der Waals surface area (Å²) in [4.78, 5) is 11.8. The lowest BCUT2D eigenvalue weighted by atomic mass is 10.1. The van der Waals surface area contributed by atoms with Crippen LogP contribution in [0.1, 0.15) is 36.2 Å². The number of carbonyl (C=O) groups is 1. The molecule has 82 valence electrons. The van der Waals surface area contributed by atoms with E-state index in [-0.39, 0.29) is 11.9 Å². The van der Waals surface area contributed by atoms with Crippen molar-refractivity contribution in [3.05, 3.63) is 35.4 Å². The molecule has 0 radical (unpaired) electrons. The van der Waals surface area contributed by atoms with Gasteiger partial charge in [0.1, 0.15) is 0 Å². The molecule has 1 unspecified atom stereocenters. The molecular weight excluding hydrogens is 254 g/mol. The summed E-state index contributed by atoms with van der Waals surface area (Å²) < 4.78 is 0. The summed E-state index contributed by atoms with van der Waals surface area (Å²) in [6, 6.07) is 7.87. The first-order chi connectivity index (χ1) is 7.17. The average Bonchev–Trinajstić information content (AvgIpc) is 2.28. The van der Waals surface area contributed by atoms with Crippen LogP contribution in [0.4, 0.5) is 0 Å². The Labute approximate surface area is 99.2 Å². The zero-order valence-corrected chi connectivity index (χ0v) is 10.7. The highest BCUT2D eigenvalue weighted by molar-refractivity contribution is 9.08. The van der Waals surface area contributed by atoms with Gasteiger partial charge in [0.05, 0.1) is 0 Å². The number of amides is 1. The number of benzene rings is 1. The van der Waals surface area contributed by atoms with E-state index in [4.69, 9.17) is 0 Å². The third-order valence-corrected chi connectivity index (χ3v) is 2.98. The van der Waals surface area contributed by atoms with Crippen molar-refractivity contribution in [3.63, 3.8) is 0 Å². The molecule has 0 heterocycles. The lowest BCUT2D eigenvalue weighted by Gasteiger charge is -2.11. The molecule has 0 fully saturated rings. The summed E-state index contributed by atoms with van der Waals surface area (Å²) in [6.07, 6.45) is 0.948. The monoisotopic (exact) mass is 269 g/mol. The summed E-state index contributed by atoms with van der Waals surface area (Å²) in [6.45, 7) is 4.06. The Morgan fingerprint density at radius 1 is 1.53 bits per heavy atom. The summed E-state index contributed by atoms with van der Waals surface area (Å²) in [7, 11) is 0. The molecule has 0 saturated carbocycles. The van der Waals surface area contributed by atoms with Gasteiger partial charge in [-0.1, -0.05) is 35.0 Å². The molecule has 1 aromatic rings. The Kier molecular flexibility index (Phi) is 4.82. The van der Waals surface area contributed by atoms with E-state index in [0.29, 0.717) is 0 Å². The predicted molar refractivity (Wildman–Crippen MR) is 66.3 cm³/mol. The van der Waals surface area contributed by atoms with Crippen LogP contribution in [0, 0.1) is 0 Å². The van der Waals surface area contributed by atoms with E-state index in [0.717, 1.165) is 22.9 Å². The molecule has 0 saturated heterocycles.